The Bertz CT molecular complexity index is 906. The van der Waals surface area contributed by atoms with Crippen molar-refractivity contribution >= 4 is 15.9 Å². The van der Waals surface area contributed by atoms with Gasteiger partial charge in [0.05, 0.1) is 11.5 Å². The predicted molar refractivity (Wildman–Crippen MR) is 117 cm³/mol. The number of nitrogens with one attached hydrogen (secondary N) is 1. The van der Waals surface area contributed by atoms with E-state index in [0.717, 1.165) is 17.7 Å². The Morgan fingerprint density at radius 3 is 2.37 bits per heavy atom. The molecule has 0 aliphatic carbocycles. The van der Waals surface area contributed by atoms with Gasteiger partial charge >= 0.3 is 0 Å². The second kappa shape index (κ2) is 10.6. The van der Waals surface area contributed by atoms with Crippen LogP contribution in [0.3, 0.4) is 0 Å². The Kier molecular flexibility index (Phi) is 7.87. The Balaban J connectivity index is 1.39. The van der Waals surface area contributed by atoms with Crippen LogP contribution in [0.5, 0.6) is 5.75 Å². The van der Waals surface area contributed by atoms with E-state index in [-0.39, 0.29) is 11.8 Å². The minimum atomic E-state index is -3.44. The summed E-state index contributed by atoms with van der Waals surface area (Å²) < 4.78 is 32.3. The minimum absolute atomic E-state index is 0.0327. The molecular weight excluding hydrogens is 400 g/mol. The molecule has 2 aromatic carbocycles. The fourth-order valence-electron chi connectivity index (χ4n) is 3.69. The van der Waals surface area contributed by atoms with Gasteiger partial charge < -0.3 is 10.1 Å². The van der Waals surface area contributed by atoms with E-state index in [1.165, 1.54) is 4.31 Å². The Morgan fingerprint density at radius 1 is 1.07 bits per heavy atom. The summed E-state index contributed by atoms with van der Waals surface area (Å²) in [6.07, 6.45) is 2.63. The molecule has 1 heterocycles. The van der Waals surface area contributed by atoms with Gasteiger partial charge in [-0.05, 0) is 61.9 Å². The molecule has 30 heavy (non-hydrogen) atoms. The molecule has 7 heteroatoms. The molecule has 0 bridgehead atoms. The van der Waals surface area contributed by atoms with Gasteiger partial charge in [0.25, 0.3) is 0 Å². The number of nitrogens with zero attached hydrogens (tertiary/aromatic N) is 1. The molecule has 0 spiro atoms. The maximum atomic E-state index is 12.7. The van der Waals surface area contributed by atoms with E-state index < -0.39 is 10.0 Å². The van der Waals surface area contributed by atoms with E-state index >= 15 is 0 Å². The third-order valence-corrected chi connectivity index (χ3v) is 7.31. The summed E-state index contributed by atoms with van der Waals surface area (Å²) in [6, 6.07) is 16.4. The average molecular weight is 431 g/mol. The van der Waals surface area contributed by atoms with Gasteiger partial charge in [0.15, 0.2) is 0 Å². The molecule has 1 fully saturated rings. The van der Waals surface area contributed by atoms with Crippen LogP contribution in [0, 0.1) is 5.92 Å². The maximum Gasteiger partial charge on any atom is 0.243 e. The summed E-state index contributed by atoms with van der Waals surface area (Å²) >= 11 is 0. The molecule has 3 rings (SSSR count). The minimum Gasteiger partial charge on any atom is -0.494 e. The van der Waals surface area contributed by atoms with E-state index in [1.54, 1.807) is 30.3 Å². The lowest BCUT2D eigenvalue weighted by atomic mass is 9.94. The molecule has 0 radical (unpaired) electrons. The zero-order valence-corrected chi connectivity index (χ0v) is 18.2. The van der Waals surface area contributed by atoms with Crippen LogP contribution in [0.25, 0.3) is 0 Å². The SMILES string of the molecule is CCOc1ccc(CCNC(=O)CC2CCN(S(=O)(=O)c3ccccc3)CC2)cc1. The van der Waals surface area contributed by atoms with Gasteiger partial charge in [-0.1, -0.05) is 30.3 Å². The number of carbonyl (C=O) groups is 1. The Labute approximate surface area is 179 Å². The molecule has 1 aliphatic rings. The number of benzene rings is 2. The number of piperidine rings is 1. The summed E-state index contributed by atoms with van der Waals surface area (Å²) in [5.41, 5.74) is 1.15. The quantitative estimate of drug-likeness (QED) is 0.663. The van der Waals surface area contributed by atoms with Crippen LogP contribution in [0.1, 0.15) is 31.7 Å². The first-order valence-corrected chi connectivity index (χ1v) is 12.0. The van der Waals surface area contributed by atoms with Crippen LogP contribution in [0.2, 0.25) is 0 Å². The number of hydrogen-bond donors (Lipinski definition) is 1. The van der Waals surface area contributed by atoms with Crippen LogP contribution in [0.4, 0.5) is 0 Å². The van der Waals surface area contributed by atoms with E-state index in [1.807, 2.05) is 31.2 Å². The fourth-order valence-corrected chi connectivity index (χ4v) is 5.19. The Hall–Kier alpha value is -2.38. The van der Waals surface area contributed by atoms with Crippen molar-refractivity contribution in [2.75, 3.05) is 26.2 Å². The smallest absolute Gasteiger partial charge is 0.243 e. The third-order valence-electron chi connectivity index (χ3n) is 5.40. The number of sulfonamides is 1. The summed E-state index contributed by atoms with van der Waals surface area (Å²) in [6.45, 7) is 4.11. The van der Waals surface area contributed by atoms with E-state index in [0.29, 0.717) is 50.4 Å². The number of amides is 1. The summed E-state index contributed by atoms with van der Waals surface area (Å²) in [5, 5.41) is 2.98. The van der Waals surface area contributed by atoms with Crippen molar-refractivity contribution in [1.82, 2.24) is 9.62 Å². The van der Waals surface area contributed by atoms with Gasteiger partial charge in [-0.3, -0.25) is 4.79 Å². The molecule has 162 valence electrons. The first-order chi connectivity index (χ1) is 14.5. The van der Waals surface area contributed by atoms with Crippen LogP contribution in [-0.2, 0) is 21.2 Å². The highest BCUT2D eigenvalue weighted by Gasteiger charge is 2.29. The fraction of sp³-hybridized carbons (Fsp3) is 0.435. The van der Waals surface area contributed by atoms with E-state index in [2.05, 4.69) is 5.32 Å². The third kappa shape index (κ3) is 6.06. The predicted octanol–water partition coefficient (Wildman–Crippen LogP) is 3.24. The van der Waals surface area contributed by atoms with Crippen molar-refractivity contribution in [2.24, 2.45) is 5.92 Å². The lowest BCUT2D eigenvalue weighted by Crippen LogP contribution is -2.39. The largest absolute Gasteiger partial charge is 0.494 e. The lowest BCUT2D eigenvalue weighted by Gasteiger charge is -2.31. The van der Waals surface area contributed by atoms with Crippen molar-refractivity contribution in [1.29, 1.82) is 0 Å². The lowest BCUT2D eigenvalue weighted by molar-refractivity contribution is -0.122. The second-order valence-electron chi connectivity index (χ2n) is 7.54. The first-order valence-electron chi connectivity index (χ1n) is 10.5. The van der Waals surface area contributed by atoms with Gasteiger partial charge in [0.1, 0.15) is 5.75 Å². The Morgan fingerprint density at radius 2 is 1.73 bits per heavy atom. The molecule has 0 atom stereocenters. The van der Waals surface area contributed by atoms with Crippen molar-refractivity contribution in [3.63, 3.8) is 0 Å². The highest BCUT2D eigenvalue weighted by atomic mass is 32.2. The monoisotopic (exact) mass is 430 g/mol. The number of rotatable bonds is 9. The molecular formula is C23H30N2O4S. The number of hydrogen-bond acceptors (Lipinski definition) is 4. The molecule has 2 aromatic rings. The maximum absolute atomic E-state index is 12.7. The highest BCUT2D eigenvalue weighted by molar-refractivity contribution is 7.89. The second-order valence-corrected chi connectivity index (χ2v) is 9.48. The molecule has 1 saturated heterocycles. The topological polar surface area (TPSA) is 75.7 Å². The molecule has 1 N–H and O–H groups in total. The number of carbonyl (C=O) groups excluding carboxylic acids is 1. The van der Waals surface area contributed by atoms with Crippen molar-refractivity contribution in [3.8, 4) is 5.75 Å². The molecule has 1 aliphatic heterocycles. The van der Waals surface area contributed by atoms with Crippen molar-refractivity contribution in [3.05, 3.63) is 60.2 Å². The molecule has 0 saturated carbocycles. The van der Waals surface area contributed by atoms with Crippen LogP contribution < -0.4 is 10.1 Å². The average Bonchev–Trinajstić information content (AvgIpc) is 2.76. The van der Waals surface area contributed by atoms with Crippen LogP contribution in [-0.4, -0.2) is 44.9 Å². The molecule has 1 amide bonds. The van der Waals surface area contributed by atoms with Gasteiger partial charge in [-0.15, -0.1) is 0 Å². The zero-order chi connectivity index (χ0) is 21.4. The van der Waals surface area contributed by atoms with Gasteiger partial charge in [-0.2, -0.15) is 4.31 Å². The first kappa shape index (κ1) is 22.3. The van der Waals surface area contributed by atoms with Crippen molar-refractivity contribution in [2.45, 2.75) is 37.5 Å². The highest BCUT2D eigenvalue weighted by Crippen LogP contribution is 2.25. The summed E-state index contributed by atoms with van der Waals surface area (Å²) in [5.74, 6) is 1.11. The molecule has 6 nitrogen and oxygen atoms in total. The van der Waals surface area contributed by atoms with Crippen molar-refractivity contribution < 1.29 is 17.9 Å². The molecule has 0 aromatic heterocycles. The summed E-state index contributed by atoms with van der Waals surface area (Å²) in [4.78, 5) is 12.6. The van der Waals surface area contributed by atoms with Crippen LogP contribution in [0.15, 0.2) is 59.5 Å². The molecule has 0 unspecified atom stereocenters. The van der Waals surface area contributed by atoms with E-state index in [4.69, 9.17) is 4.74 Å². The van der Waals surface area contributed by atoms with Gasteiger partial charge in [0.2, 0.25) is 15.9 Å². The zero-order valence-electron chi connectivity index (χ0n) is 17.4. The van der Waals surface area contributed by atoms with Gasteiger partial charge in [-0.25, -0.2) is 8.42 Å². The summed E-state index contributed by atoms with van der Waals surface area (Å²) in [7, 11) is -3.44. The van der Waals surface area contributed by atoms with Crippen LogP contribution >= 0.6 is 0 Å². The standard InChI is InChI=1S/C23H30N2O4S/c1-2-29-21-10-8-19(9-11-21)12-15-24-23(26)18-20-13-16-25(17-14-20)30(27,28)22-6-4-3-5-7-22/h3-11,20H,2,12-18H2,1H3,(H,24,26). The number of ether oxygens (including phenoxy) is 1. The normalized spacial score (nSPS) is 15.6. The van der Waals surface area contributed by atoms with E-state index in [9.17, 15) is 13.2 Å². The van der Waals surface area contributed by atoms with Gasteiger partial charge in [0, 0.05) is 26.1 Å².